The normalized spacial score (nSPS) is 10.7. The molecular formula is C20H19F2N3O3. The molecule has 28 heavy (non-hydrogen) atoms. The van der Waals surface area contributed by atoms with Crippen LogP contribution < -0.4 is 14.8 Å². The van der Waals surface area contributed by atoms with Crippen molar-refractivity contribution in [2.75, 3.05) is 13.7 Å². The van der Waals surface area contributed by atoms with Crippen LogP contribution in [0.3, 0.4) is 0 Å². The van der Waals surface area contributed by atoms with E-state index in [2.05, 4.69) is 15.2 Å². The summed E-state index contributed by atoms with van der Waals surface area (Å²) in [6, 6.07) is 15.6. The average molecular weight is 387 g/mol. The minimum absolute atomic E-state index is 0.0644. The first-order valence-electron chi connectivity index (χ1n) is 8.58. The second kappa shape index (κ2) is 8.98. The van der Waals surface area contributed by atoms with Crippen LogP contribution in [0, 0.1) is 0 Å². The highest BCUT2D eigenvalue weighted by Gasteiger charge is 2.14. The molecule has 8 heteroatoms. The molecule has 0 bridgehead atoms. The number of nitrogens with zero attached hydrogens (tertiary/aromatic N) is 2. The fraction of sp³-hybridized carbons (Fsp3) is 0.200. The summed E-state index contributed by atoms with van der Waals surface area (Å²) in [5, 5.41) is 7.25. The highest BCUT2D eigenvalue weighted by atomic mass is 19.3. The summed E-state index contributed by atoms with van der Waals surface area (Å²) in [5.41, 5.74) is 2.08. The number of nitrogens with one attached hydrogen (secondary N) is 1. The maximum absolute atomic E-state index is 12.4. The molecule has 0 saturated heterocycles. The Hall–Kier alpha value is -3.42. The van der Waals surface area contributed by atoms with Gasteiger partial charge in [0.2, 0.25) is 0 Å². The summed E-state index contributed by atoms with van der Waals surface area (Å²) in [7, 11) is 1.32. The molecule has 2 aromatic carbocycles. The fourth-order valence-electron chi connectivity index (χ4n) is 2.63. The van der Waals surface area contributed by atoms with Gasteiger partial charge in [0.1, 0.15) is 0 Å². The van der Waals surface area contributed by atoms with E-state index in [1.54, 1.807) is 4.68 Å². The first-order valence-corrected chi connectivity index (χ1v) is 8.58. The Morgan fingerprint density at radius 3 is 2.64 bits per heavy atom. The van der Waals surface area contributed by atoms with E-state index in [1.807, 2.05) is 42.6 Å². The van der Waals surface area contributed by atoms with Crippen molar-refractivity contribution >= 4 is 5.91 Å². The Labute approximate surface area is 160 Å². The molecule has 0 aliphatic heterocycles. The molecule has 1 heterocycles. The number of ether oxygens (including phenoxy) is 2. The van der Waals surface area contributed by atoms with Crippen molar-refractivity contribution in [2.24, 2.45) is 0 Å². The smallest absolute Gasteiger partial charge is 0.387 e. The van der Waals surface area contributed by atoms with E-state index in [1.165, 1.54) is 25.3 Å². The van der Waals surface area contributed by atoms with E-state index < -0.39 is 6.61 Å². The van der Waals surface area contributed by atoms with Gasteiger partial charge in [0.05, 0.1) is 18.5 Å². The lowest BCUT2D eigenvalue weighted by atomic mass is 10.2. The molecule has 0 spiro atoms. The summed E-state index contributed by atoms with van der Waals surface area (Å²) in [4.78, 5) is 12.3. The molecule has 146 valence electrons. The van der Waals surface area contributed by atoms with E-state index in [4.69, 9.17) is 4.74 Å². The molecule has 0 aliphatic carbocycles. The number of amides is 1. The van der Waals surface area contributed by atoms with Gasteiger partial charge in [0, 0.05) is 24.7 Å². The Morgan fingerprint density at radius 2 is 1.93 bits per heavy atom. The van der Waals surface area contributed by atoms with E-state index in [-0.39, 0.29) is 23.0 Å². The van der Waals surface area contributed by atoms with Crippen LogP contribution in [0.2, 0.25) is 0 Å². The highest BCUT2D eigenvalue weighted by molar-refractivity contribution is 5.94. The molecule has 0 unspecified atom stereocenters. The van der Waals surface area contributed by atoms with Gasteiger partial charge in [-0.3, -0.25) is 4.79 Å². The largest absolute Gasteiger partial charge is 0.493 e. The average Bonchev–Trinajstić information content (AvgIpc) is 3.17. The zero-order valence-electron chi connectivity index (χ0n) is 15.1. The molecule has 0 fully saturated rings. The standard InChI is InChI=1S/C20H19F2N3O3/c1-27-18-13-14(7-8-17(18)28-20(21)22)19(26)23-11-9-15-10-12-25(24-15)16-5-3-2-4-6-16/h2-8,10,12-13,20H,9,11H2,1H3,(H,23,26). The lowest BCUT2D eigenvalue weighted by Crippen LogP contribution is -2.25. The van der Waals surface area contributed by atoms with E-state index >= 15 is 0 Å². The zero-order valence-corrected chi connectivity index (χ0v) is 15.1. The number of para-hydroxylation sites is 1. The topological polar surface area (TPSA) is 65.4 Å². The van der Waals surface area contributed by atoms with Crippen LogP contribution in [-0.4, -0.2) is 36.0 Å². The number of alkyl halides is 2. The molecule has 1 aromatic heterocycles. The van der Waals surface area contributed by atoms with Crippen LogP contribution in [0.5, 0.6) is 11.5 Å². The number of rotatable bonds is 8. The number of aromatic nitrogens is 2. The van der Waals surface area contributed by atoms with E-state index in [0.717, 1.165) is 11.4 Å². The van der Waals surface area contributed by atoms with Crippen LogP contribution in [0.15, 0.2) is 60.8 Å². The number of carbonyl (C=O) groups is 1. The number of benzene rings is 2. The molecule has 1 amide bonds. The lowest BCUT2D eigenvalue weighted by molar-refractivity contribution is -0.0512. The second-order valence-electron chi connectivity index (χ2n) is 5.84. The van der Waals surface area contributed by atoms with Crippen molar-refractivity contribution in [2.45, 2.75) is 13.0 Å². The minimum Gasteiger partial charge on any atom is -0.493 e. The van der Waals surface area contributed by atoms with Gasteiger partial charge in [-0.1, -0.05) is 18.2 Å². The molecule has 1 N–H and O–H groups in total. The molecule has 3 aromatic rings. The highest BCUT2D eigenvalue weighted by Crippen LogP contribution is 2.29. The Morgan fingerprint density at radius 1 is 1.14 bits per heavy atom. The van der Waals surface area contributed by atoms with Crippen LogP contribution in [0.4, 0.5) is 8.78 Å². The number of carbonyl (C=O) groups excluding carboxylic acids is 1. The van der Waals surface area contributed by atoms with Gasteiger partial charge in [-0.15, -0.1) is 0 Å². The quantitative estimate of drug-likeness (QED) is 0.643. The van der Waals surface area contributed by atoms with E-state index in [9.17, 15) is 13.6 Å². The van der Waals surface area contributed by atoms with Crippen LogP contribution >= 0.6 is 0 Å². The van der Waals surface area contributed by atoms with Crippen molar-refractivity contribution in [3.05, 3.63) is 72.1 Å². The van der Waals surface area contributed by atoms with Crippen LogP contribution in [0.1, 0.15) is 16.1 Å². The molecule has 0 saturated carbocycles. The molecule has 0 radical (unpaired) electrons. The number of hydrogen-bond donors (Lipinski definition) is 1. The molecular weight excluding hydrogens is 368 g/mol. The zero-order chi connectivity index (χ0) is 19.9. The van der Waals surface area contributed by atoms with E-state index in [0.29, 0.717) is 13.0 Å². The van der Waals surface area contributed by atoms with Crippen molar-refractivity contribution in [3.63, 3.8) is 0 Å². The lowest BCUT2D eigenvalue weighted by Gasteiger charge is -2.11. The first kappa shape index (κ1) is 19.3. The predicted molar refractivity (Wildman–Crippen MR) is 99.2 cm³/mol. The monoisotopic (exact) mass is 387 g/mol. The summed E-state index contributed by atoms with van der Waals surface area (Å²) < 4.78 is 35.9. The van der Waals surface area contributed by atoms with Gasteiger partial charge >= 0.3 is 6.61 Å². The Balaban J connectivity index is 1.57. The van der Waals surface area contributed by atoms with Gasteiger partial charge in [-0.25, -0.2) is 4.68 Å². The summed E-state index contributed by atoms with van der Waals surface area (Å²) in [6.07, 6.45) is 2.41. The number of methoxy groups -OCH3 is 1. The van der Waals surface area contributed by atoms with Crippen molar-refractivity contribution < 1.29 is 23.0 Å². The summed E-state index contributed by atoms with van der Waals surface area (Å²) in [5.74, 6) is -0.403. The second-order valence-corrected chi connectivity index (χ2v) is 5.84. The first-order chi connectivity index (χ1) is 13.6. The molecule has 0 aliphatic rings. The van der Waals surface area contributed by atoms with Gasteiger partial charge in [0.25, 0.3) is 5.91 Å². The van der Waals surface area contributed by atoms with Crippen molar-refractivity contribution in [3.8, 4) is 17.2 Å². The minimum atomic E-state index is -2.97. The molecule has 6 nitrogen and oxygen atoms in total. The SMILES string of the molecule is COc1cc(C(=O)NCCc2ccn(-c3ccccc3)n2)ccc1OC(F)F. The number of hydrogen-bond acceptors (Lipinski definition) is 4. The molecule has 3 rings (SSSR count). The Bertz CT molecular complexity index is 929. The third-order valence-electron chi connectivity index (χ3n) is 3.97. The van der Waals surface area contributed by atoms with Gasteiger partial charge in [-0.05, 0) is 36.4 Å². The van der Waals surface area contributed by atoms with Crippen molar-refractivity contribution in [1.29, 1.82) is 0 Å². The predicted octanol–water partition coefficient (Wildman–Crippen LogP) is 3.45. The van der Waals surface area contributed by atoms with Crippen LogP contribution in [0.25, 0.3) is 5.69 Å². The van der Waals surface area contributed by atoms with Gasteiger partial charge < -0.3 is 14.8 Å². The van der Waals surface area contributed by atoms with Crippen molar-refractivity contribution in [1.82, 2.24) is 15.1 Å². The maximum Gasteiger partial charge on any atom is 0.387 e. The number of halogens is 2. The maximum atomic E-state index is 12.4. The van der Waals surface area contributed by atoms with Gasteiger partial charge in [0.15, 0.2) is 11.5 Å². The third-order valence-corrected chi connectivity index (χ3v) is 3.97. The fourth-order valence-corrected chi connectivity index (χ4v) is 2.63. The summed E-state index contributed by atoms with van der Waals surface area (Å²) in [6.45, 7) is -2.59. The Kier molecular flexibility index (Phi) is 6.21. The summed E-state index contributed by atoms with van der Waals surface area (Å²) >= 11 is 0. The third kappa shape index (κ3) is 4.85. The molecule has 0 atom stereocenters. The van der Waals surface area contributed by atoms with Gasteiger partial charge in [-0.2, -0.15) is 13.9 Å². The van der Waals surface area contributed by atoms with Crippen LogP contribution in [-0.2, 0) is 6.42 Å².